The molecule has 1 saturated heterocycles. The highest BCUT2D eigenvalue weighted by Gasteiger charge is 2.24. The largest absolute Gasteiger partial charge is 0.370 e. The van der Waals surface area contributed by atoms with Crippen LogP contribution in [0.5, 0.6) is 0 Å². The molecule has 0 aromatic heterocycles. The predicted molar refractivity (Wildman–Crippen MR) is 64.6 cm³/mol. The number of halogens is 3. The molecule has 0 aliphatic carbocycles. The third-order valence-corrected chi connectivity index (χ3v) is 3.03. The molecule has 1 aliphatic rings. The van der Waals surface area contributed by atoms with Gasteiger partial charge in [0.1, 0.15) is 6.61 Å². The molecule has 0 N–H and O–H groups in total. The molecule has 0 unspecified atom stereocenters. The first-order valence-corrected chi connectivity index (χ1v) is 5.75. The van der Waals surface area contributed by atoms with Crippen molar-refractivity contribution in [3.63, 3.8) is 0 Å². The fourth-order valence-corrected chi connectivity index (χ4v) is 2.57. The zero-order valence-corrected chi connectivity index (χ0v) is 10.4. The summed E-state index contributed by atoms with van der Waals surface area (Å²) in [5.74, 6) is -0.155. The van der Waals surface area contributed by atoms with Gasteiger partial charge in [0.05, 0.1) is 22.3 Å². The Morgan fingerprint density at radius 1 is 1.19 bits per heavy atom. The zero-order valence-electron chi connectivity index (χ0n) is 8.17. The fraction of sp³-hybridized carbons (Fsp3) is 0.300. The lowest BCUT2D eigenvalue weighted by atomic mass is 10.2. The van der Waals surface area contributed by atoms with E-state index < -0.39 is 0 Å². The molecule has 6 heteroatoms. The van der Waals surface area contributed by atoms with E-state index in [1.807, 2.05) is 0 Å². The number of ether oxygens (including phenoxy) is 1. The molecule has 1 aliphatic heterocycles. The van der Waals surface area contributed by atoms with Gasteiger partial charge in [0, 0.05) is 11.6 Å². The van der Waals surface area contributed by atoms with Crippen molar-refractivity contribution in [3.8, 4) is 0 Å². The maximum absolute atomic E-state index is 11.6. The van der Waals surface area contributed by atoms with Crippen molar-refractivity contribution in [2.45, 2.75) is 0 Å². The average molecular weight is 281 g/mol. The number of hydrogen-bond donors (Lipinski definition) is 0. The van der Waals surface area contributed by atoms with Gasteiger partial charge in [0.2, 0.25) is 0 Å². The monoisotopic (exact) mass is 279 g/mol. The van der Waals surface area contributed by atoms with E-state index in [1.165, 1.54) is 4.90 Å². The standard InChI is InChI=1S/C10H8Cl3NO2/c11-6-3-7(12)10(8(13)4-6)14-1-2-16-5-9(14)15/h3-4H,1-2,5H2. The number of nitrogens with zero attached hydrogens (tertiary/aromatic N) is 1. The fourth-order valence-electron chi connectivity index (χ4n) is 1.55. The van der Waals surface area contributed by atoms with Gasteiger partial charge in [-0.2, -0.15) is 0 Å². The summed E-state index contributed by atoms with van der Waals surface area (Å²) in [6, 6.07) is 3.13. The Morgan fingerprint density at radius 3 is 2.38 bits per heavy atom. The van der Waals surface area contributed by atoms with Crippen molar-refractivity contribution in [2.24, 2.45) is 0 Å². The number of carbonyl (C=O) groups excluding carboxylic acids is 1. The van der Waals surface area contributed by atoms with E-state index in [0.29, 0.717) is 33.9 Å². The van der Waals surface area contributed by atoms with Crippen molar-refractivity contribution in [1.29, 1.82) is 0 Å². The second-order valence-electron chi connectivity index (χ2n) is 3.32. The molecule has 1 amide bonds. The quantitative estimate of drug-likeness (QED) is 0.791. The number of rotatable bonds is 1. The minimum Gasteiger partial charge on any atom is -0.370 e. The lowest BCUT2D eigenvalue weighted by Gasteiger charge is -2.28. The van der Waals surface area contributed by atoms with E-state index in [4.69, 9.17) is 39.5 Å². The van der Waals surface area contributed by atoms with Crippen LogP contribution in [0.25, 0.3) is 0 Å². The van der Waals surface area contributed by atoms with Crippen LogP contribution in [-0.4, -0.2) is 25.7 Å². The lowest BCUT2D eigenvalue weighted by molar-refractivity contribution is -0.125. The van der Waals surface area contributed by atoms with Crippen LogP contribution >= 0.6 is 34.8 Å². The van der Waals surface area contributed by atoms with Gasteiger partial charge in [-0.15, -0.1) is 0 Å². The first-order chi connectivity index (χ1) is 7.59. The van der Waals surface area contributed by atoms with Gasteiger partial charge in [-0.25, -0.2) is 0 Å². The van der Waals surface area contributed by atoms with Crippen LogP contribution in [-0.2, 0) is 9.53 Å². The molecular weight excluding hydrogens is 272 g/mol. The summed E-state index contributed by atoms with van der Waals surface area (Å²) in [6.07, 6.45) is 0. The first-order valence-electron chi connectivity index (χ1n) is 4.62. The highest BCUT2D eigenvalue weighted by atomic mass is 35.5. The molecule has 86 valence electrons. The summed E-state index contributed by atoms with van der Waals surface area (Å²) in [6.45, 7) is 0.968. The van der Waals surface area contributed by atoms with Gasteiger partial charge in [-0.1, -0.05) is 34.8 Å². The van der Waals surface area contributed by atoms with Crippen LogP contribution in [0.3, 0.4) is 0 Å². The van der Waals surface area contributed by atoms with Gasteiger partial charge < -0.3 is 9.64 Å². The summed E-state index contributed by atoms with van der Waals surface area (Å²) in [7, 11) is 0. The van der Waals surface area contributed by atoms with Crippen molar-refractivity contribution in [1.82, 2.24) is 0 Å². The minimum atomic E-state index is -0.155. The SMILES string of the molecule is O=C1COCCN1c1c(Cl)cc(Cl)cc1Cl. The second kappa shape index (κ2) is 4.80. The smallest absolute Gasteiger partial charge is 0.253 e. The van der Waals surface area contributed by atoms with Crippen molar-refractivity contribution >= 4 is 46.4 Å². The van der Waals surface area contributed by atoms with Crippen molar-refractivity contribution < 1.29 is 9.53 Å². The van der Waals surface area contributed by atoms with Crippen LogP contribution in [0.2, 0.25) is 15.1 Å². The van der Waals surface area contributed by atoms with Gasteiger partial charge in [0.15, 0.2) is 0 Å². The van der Waals surface area contributed by atoms with E-state index in [2.05, 4.69) is 0 Å². The first kappa shape index (κ1) is 12.0. The van der Waals surface area contributed by atoms with Crippen LogP contribution in [0, 0.1) is 0 Å². The Kier molecular flexibility index (Phi) is 3.60. The summed E-state index contributed by atoms with van der Waals surface area (Å²) in [5.41, 5.74) is 0.501. The van der Waals surface area contributed by atoms with Gasteiger partial charge in [-0.3, -0.25) is 4.79 Å². The van der Waals surface area contributed by atoms with E-state index in [-0.39, 0.29) is 12.5 Å². The molecule has 0 atom stereocenters. The highest BCUT2D eigenvalue weighted by Crippen LogP contribution is 2.37. The molecule has 0 spiro atoms. The molecule has 16 heavy (non-hydrogen) atoms. The Labute approximate surface area is 108 Å². The van der Waals surface area contributed by atoms with E-state index in [1.54, 1.807) is 12.1 Å². The van der Waals surface area contributed by atoms with Crippen molar-refractivity contribution in [2.75, 3.05) is 24.7 Å². The van der Waals surface area contributed by atoms with Crippen LogP contribution in [0.4, 0.5) is 5.69 Å². The number of anilines is 1. The molecule has 2 rings (SSSR count). The molecule has 1 aromatic carbocycles. The number of morpholine rings is 1. The van der Waals surface area contributed by atoms with Gasteiger partial charge >= 0.3 is 0 Å². The third-order valence-electron chi connectivity index (χ3n) is 2.24. The summed E-state index contributed by atoms with van der Waals surface area (Å²) < 4.78 is 5.03. The molecular formula is C10H8Cl3NO2. The molecule has 1 fully saturated rings. The number of amides is 1. The molecule has 1 aromatic rings. The van der Waals surface area contributed by atoms with Crippen LogP contribution in [0.1, 0.15) is 0 Å². The normalized spacial score (nSPS) is 16.7. The molecule has 0 saturated carbocycles. The zero-order chi connectivity index (χ0) is 11.7. The highest BCUT2D eigenvalue weighted by molar-refractivity contribution is 6.42. The third kappa shape index (κ3) is 2.28. The second-order valence-corrected chi connectivity index (χ2v) is 4.57. The Hall–Kier alpha value is -0.480. The Bertz CT molecular complexity index is 413. The van der Waals surface area contributed by atoms with Crippen molar-refractivity contribution in [3.05, 3.63) is 27.2 Å². The van der Waals surface area contributed by atoms with Gasteiger partial charge in [0.25, 0.3) is 5.91 Å². The number of benzene rings is 1. The Morgan fingerprint density at radius 2 is 1.81 bits per heavy atom. The number of hydrogen-bond acceptors (Lipinski definition) is 2. The summed E-state index contributed by atoms with van der Waals surface area (Å²) in [4.78, 5) is 13.2. The lowest BCUT2D eigenvalue weighted by Crippen LogP contribution is -2.42. The Balaban J connectivity index is 2.42. The predicted octanol–water partition coefficient (Wildman–Crippen LogP) is 3.01. The maximum atomic E-state index is 11.6. The maximum Gasteiger partial charge on any atom is 0.253 e. The van der Waals surface area contributed by atoms with E-state index >= 15 is 0 Å². The van der Waals surface area contributed by atoms with Crippen LogP contribution < -0.4 is 4.90 Å². The summed E-state index contributed by atoms with van der Waals surface area (Å²) in [5, 5.41) is 1.18. The van der Waals surface area contributed by atoms with Gasteiger partial charge in [-0.05, 0) is 12.1 Å². The average Bonchev–Trinajstić information content (AvgIpc) is 2.19. The molecule has 0 radical (unpaired) electrons. The summed E-state index contributed by atoms with van der Waals surface area (Å²) >= 11 is 17.9. The molecule has 3 nitrogen and oxygen atoms in total. The van der Waals surface area contributed by atoms with E-state index in [0.717, 1.165) is 0 Å². The van der Waals surface area contributed by atoms with E-state index in [9.17, 15) is 4.79 Å². The minimum absolute atomic E-state index is 0.0509. The molecule has 0 bridgehead atoms. The topological polar surface area (TPSA) is 29.5 Å². The number of carbonyl (C=O) groups is 1. The van der Waals surface area contributed by atoms with Crippen LogP contribution in [0.15, 0.2) is 12.1 Å². The molecule has 1 heterocycles.